The van der Waals surface area contributed by atoms with Crippen molar-refractivity contribution in [3.8, 4) is 11.5 Å². The van der Waals surface area contributed by atoms with E-state index >= 15 is 0 Å². The molecule has 25 heavy (non-hydrogen) atoms. The standard InChI is InChI=1S/C19H22N2O4/c1-24-17-9-4-14(5-10-17)3-8-16(20-22)13-19(21-23)15-6-11-18(25-2)12-7-15/h3-12,19,21-23H,13H2,1-2H3/b8-3+,20-16+/t19-/m0/s1. The highest BCUT2D eigenvalue weighted by atomic mass is 16.5. The molecule has 0 aromatic heterocycles. The topological polar surface area (TPSA) is 83.3 Å². The summed E-state index contributed by atoms with van der Waals surface area (Å²) in [5.41, 5.74) is 4.47. The largest absolute Gasteiger partial charge is 0.497 e. The maximum absolute atomic E-state index is 9.44. The smallest absolute Gasteiger partial charge is 0.118 e. The van der Waals surface area contributed by atoms with E-state index in [0.717, 1.165) is 22.6 Å². The normalized spacial score (nSPS) is 13.0. The fourth-order valence-corrected chi connectivity index (χ4v) is 2.33. The van der Waals surface area contributed by atoms with E-state index in [1.54, 1.807) is 20.3 Å². The number of ether oxygens (including phenoxy) is 2. The summed E-state index contributed by atoms with van der Waals surface area (Å²) in [6.07, 6.45) is 3.85. The Balaban J connectivity index is 2.06. The highest BCUT2D eigenvalue weighted by Crippen LogP contribution is 2.21. The lowest BCUT2D eigenvalue weighted by atomic mass is 10.0. The Morgan fingerprint density at radius 2 is 1.60 bits per heavy atom. The maximum Gasteiger partial charge on any atom is 0.118 e. The van der Waals surface area contributed by atoms with Gasteiger partial charge in [0.15, 0.2) is 0 Å². The van der Waals surface area contributed by atoms with Gasteiger partial charge in [-0.3, -0.25) is 0 Å². The Labute approximate surface area is 147 Å². The number of hydrogen-bond acceptors (Lipinski definition) is 6. The molecule has 2 rings (SSSR count). The first-order valence-electron chi connectivity index (χ1n) is 7.76. The Hall–Kier alpha value is -2.83. The van der Waals surface area contributed by atoms with Gasteiger partial charge in [-0.2, -0.15) is 5.48 Å². The fraction of sp³-hybridized carbons (Fsp3) is 0.211. The fourth-order valence-electron chi connectivity index (χ4n) is 2.33. The van der Waals surface area contributed by atoms with Crippen LogP contribution in [0.15, 0.2) is 59.8 Å². The van der Waals surface area contributed by atoms with Crippen LogP contribution in [0.1, 0.15) is 23.6 Å². The molecule has 0 spiro atoms. The third kappa shape index (κ3) is 5.34. The van der Waals surface area contributed by atoms with Crippen LogP contribution in [0.5, 0.6) is 11.5 Å². The molecule has 0 aliphatic rings. The van der Waals surface area contributed by atoms with E-state index in [9.17, 15) is 10.4 Å². The monoisotopic (exact) mass is 342 g/mol. The molecule has 0 aliphatic heterocycles. The highest BCUT2D eigenvalue weighted by molar-refractivity contribution is 5.98. The molecule has 132 valence electrons. The van der Waals surface area contributed by atoms with Crippen LogP contribution in [-0.2, 0) is 0 Å². The third-order valence-corrected chi connectivity index (χ3v) is 3.80. The van der Waals surface area contributed by atoms with Gasteiger partial charge in [-0.05, 0) is 41.5 Å². The second-order valence-electron chi connectivity index (χ2n) is 5.36. The van der Waals surface area contributed by atoms with Crippen molar-refractivity contribution < 1.29 is 19.9 Å². The minimum Gasteiger partial charge on any atom is -0.497 e. The second-order valence-corrected chi connectivity index (χ2v) is 5.36. The van der Waals surface area contributed by atoms with Crippen molar-refractivity contribution in [3.05, 3.63) is 65.7 Å². The van der Waals surface area contributed by atoms with Gasteiger partial charge in [-0.15, -0.1) is 0 Å². The van der Waals surface area contributed by atoms with Crippen LogP contribution in [0.25, 0.3) is 6.08 Å². The van der Waals surface area contributed by atoms with Crippen molar-refractivity contribution in [2.45, 2.75) is 12.5 Å². The van der Waals surface area contributed by atoms with Crippen LogP contribution in [0.3, 0.4) is 0 Å². The van der Waals surface area contributed by atoms with Crippen LogP contribution >= 0.6 is 0 Å². The Kier molecular flexibility index (Phi) is 7.00. The molecule has 6 heteroatoms. The molecular formula is C19H22N2O4. The summed E-state index contributed by atoms with van der Waals surface area (Å²) in [5, 5.41) is 22.0. The van der Waals surface area contributed by atoms with Gasteiger partial charge in [0.25, 0.3) is 0 Å². The molecular weight excluding hydrogens is 320 g/mol. The quantitative estimate of drug-likeness (QED) is 0.387. The first-order valence-corrected chi connectivity index (χ1v) is 7.76. The highest BCUT2D eigenvalue weighted by Gasteiger charge is 2.13. The van der Waals surface area contributed by atoms with E-state index in [2.05, 4.69) is 10.6 Å². The van der Waals surface area contributed by atoms with Crippen molar-refractivity contribution in [2.75, 3.05) is 14.2 Å². The molecule has 2 aromatic rings. The summed E-state index contributed by atoms with van der Waals surface area (Å²) in [5.74, 6) is 1.51. The van der Waals surface area contributed by atoms with E-state index < -0.39 is 6.04 Å². The second kappa shape index (κ2) is 9.46. The number of hydrogen-bond donors (Lipinski definition) is 3. The number of rotatable bonds is 8. The Morgan fingerprint density at radius 1 is 1.04 bits per heavy atom. The molecule has 0 heterocycles. The molecule has 2 aromatic carbocycles. The summed E-state index contributed by atoms with van der Waals surface area (Å²) in [6, 6.07) is 14.4. The van der Waals surface area contributed by atoms with E-state index in [4.69, 9.17) is 9.47 Å². The van der Waals surface area contributed by atoms with Crippen molar-refractivity contribution >= 4 is 11.8 Å². The minimum absolute atomic E-state index is 0.311. The zero-order valence-corrected chi connectivity index (χ0v) is 14.2. The van der Waals surface area contributed by atoms with Crippen molar-refractivity contribution in [1.29, 1.82) is 0 Å². The van der Waals surface area contributed by atoms with Gasteiger partial charge in [0, 0.05) is 6.42 Å². The predicted molar refractivity (Wildman–Crippen MR) is 96.5 cm³/mol. The number of nitrogens with one attached hydrogen (secondary N) is 1. The maximum atomic E-state index is 9.44. The molecule has 0 radical (unpaired) electrons. The van der Waals surface area contributed by atoms with Gasteiger partial charge < -0.3 is 19.9 Å². The molecule has 0 aliphatic carbocycles. The van der Waals surface area contributed by atoms with Gasteiger partial charge >= 0.3 is 0 Å². The number of oxime groups is 1. The van der Waals surface area contributed by atoms with Crippen LogP contribution in [0, 0.1) is 0 Å². The first kappa shape index (κ1) is 18.5. The molecule has 3 N–H and O–H groups in total. The number of benzene rings is 2. The van der Waals surface area contributed by atoms with E-state index in [1.807, 2.05) is 54.6 Å². The predicted octanol–water partition coefficient (Wildman–Crippen LogP) is 3.66. The minimum atomic E-state index is -0.405. The molecule has 0 bridgehead atoms. The molecule has 1 atom stereocenters. The molecule has 6 nitrogen and oxygen atoms in total. The average Bonchev–Trinajstić information content (AvgIpc) is 2.69. The SMILES string of the molecule is COc1ccc(/C=C/C(C[C@H](NO)c2ccc(OC)cc2)=N\O)cc1. The lowest BCUT2D eigenvalue weighted by molar-refractivity contribution is 0.128. The lowest BCUT2D eigenvalue weighted by Gasteiger charge is -2.15. The third-order valence-electron chi connectivity index (χ3n) is 3.80. The van der Waals surface area contributed by atoms with E-state index in [0.29, 0.717) is 12.1 Å². The van der Waals surface area contributed by atoms with E-state index in [-0.39, 0.29) is 0 Å². The molecule has 0 unspecified atom stereocenters. The first-order chi connectivity index (χ1) is 12.2. The molecule has 0 fully saturated rings. The average molecular weight is 342 g/mol. The summed E-state index contributed by atoms with van der Waals surface area (Å²) in [7, 11) is 3.21. The van der Waals surface area contributed by atoms with Crippen LogP contribution < -0.4 is 15.0 Å². The summed E-state index contributed by atoms with van der Waals surface area (Å²) >= 11 is 0. The lowest BCUT2D eigenvalue weighted by Crippen LogP contribution is -2.20. The number of methoxy groups -OCH3 is 2. The van der Waals surface area contributed by atoms with Gasteiger partial charge in [-0.1, -0.05) is 35.5 Å². The molecule has 0 saturated heterocycles. The molecule has 0 saturated carbocycles. The number of allylic oxidation sites excluding steroid dienone is 1. The van der Waals surface area contributed by atoms with Crippen LogP contribution in [0.4, 0.5) is 0 Å². The number of nitrogens with zero attached hydrogens (tertiary/aromatic N) is 1. The Morgan fingerprint density at radius 3 is 2.08 bits per heavy atom. The van der Waals surface area contributed by atoms with Crippen LogP contribution in [0.2, 0.25) is 0 Å². The van der Waals surface area contributed by atoms with Crippen molar-refractivity contribution in [2.24, 2.45) is 5.16 Å². The van der Waals surface area contributed by atoms with Gasteiger partial charge in [0.05, 0.1) is 26.0 Å². The van der Waals surface area contributed by atoms with Gasteiger partial charge in [0.2, 0.25) is 0 Å². The van der Waals surface area contributed by atoms with E-state index in [1.165, 1.54) is 0 Å². The van der Waals surface area contributed by atoms with Gasteiger partial charge in [-0.25, -0.2) is 0 Å². The summed E-state index contributed by atoms with van der Waals surface area (Å²) in [4.78, 5) is 0. The Bertz CT molecular complexity index is 709. The summed E-state index contributed by atoms with van der Waals surface area (Å²) < 4.78 is 10.2. The van der Waals surface area contributed by atoms with Crippen molar-refractivity contribution in [3.63, 3.8) is 0 Å². The summed E-state index contributed by atoms with van der Waals surface area (Å²) in [6.45, 7) is 0. The zero-order chi connectivity index (χ0) is 18.1. The number of hydroxylamine groups is 1. The zero-order valence-electron chi connectivity index (χ0n) is 14.2. The van der Waals surface area contributed by atoms with Crippen molar-refractivity contribution in [1.82, 2.24) is 5.48 Å². The van der Waals surface area contributed by atoms with Crippen LogP contribution in [-0.4, -0.2) is 30.3 Å². The molecule has 0 amide bonds. The van der Waals surface area contributed by atoms with Gasteiger partial charge in [0.1, 0.15) is 11.5 Å².